The Morgan fingerprint density at radius 1 is 1.54 bits per heavy atom. The molecule has 0 radical (unpaired) electrons. The molecule has 1 aromatic carbocycles. The van der Waals surface area contributed by atoms with Crippen LogP contribution in [0.25, 0.3) is 0 Å². The lowest BCUT2D eigenvalue weighted by molar-refractivity contribution is 0.0601. The van der Waals surface area contributed by atoms with E-state index in [1.165, 1.54) is 7.11 Å². The van der Waals surface area contributed by atoms with Gasteiger partial charge in [-0.05, 0) is 25.8 Å². The molecule has 3 nitrogen and oxygen atoms in total. The first-order valence-corrected chi connectivity index (χ1v) is 3.84. The van der Waals surface area contributed by atoms with Crippen molar-refractivity contribution in [3.05, 3.63) is 29.3 Å². The van der Waals surface area contributed by atoms with Crippen LogP contribution < -0.4 is 0 Å². The third-order valence-electron chi connectivity index (χ3n) is 1.73. The molecule has 0 fully saturated rings. The van der Waals surface area contributed by atoms with Crippen LogP contribution in [0.5, 0.6) is 0 Å². The maximum Gasteiger partial charge on any atom is 0.340 e. The summed E-state index contributed by atoms with van der Waals surface area (Å²) < 4.78 is 4.61. The van der Waals surface area contributed by atoms with E-state index >= 15 is 0 Å². The van der Waals surface area contributed by atoms with Crippen molar-refractivity contribution in [1.82, 2.24) is 0 Å². The van der Waals surface area contributed by atoms with Crippen molar-refractivity contribution in [2.45, 2.75) is 6.92 Å². The second kappa shape index (κ2) is 3.85. The van der Waals surface area contributed by atoms with Crippen molar-refractivity contribution in [3.63, 3.8) is 0 Å². The number of rotatable bonds is 2. The Morgan fingerprint density at radius 2 is 2.23 bits per heavy atom. The molecule has 0 aliphatic carbocycles. The van der Waals surface area contributed by atoms with Gasteiger partial charge in [0.05, 0.1) is 18.4 Å². The number of aliphatic imine (C=N–C) groups is 1. The molecule has 0 N–H and O–H groups in total. The van der Waals surface area contributed by atoms with Gasteiger partial charge in [0, 0.05) is 0 Å². The Hall–Kier alpha value is -1.64. The second-order valence-electron chi connectivity index (χ2n) is 2.67. The predicted octanol–water partition coefficient (Wildman–Crippen LogP) is 2.11. The molecule has 0 heterocycles. The van der Waals surface area contributed by atoms with Crippen molar-refractivity contribution in [1.29, 1.82) is 0 Å². The zero-order chi connectivity index (χ0) is 9.84. The van der Waals surface area contributed by atoms with Gasteiger partial charge in [0.2, 0.25) is 0 Å². The fourth-order valence-corrected chi connectivity index (χ4v) is 1.06. The molecule has 0 amide bonds. The van der Waals surface area contributed by atoms with Gasteiger partial charge in [0.15, 0.2) is 0 Å². The lowest BCUT2D eigenvalue weighted by Crippen LogP contribution is -2.01. The topological polar surface area (TPSA) is 38.7 Å². The summed E-state index contributed by atoms with van der Waals surface area (Å²) in [7, 11) is 1.34. The number of benzene rings is 1. The first kappa shape index (κ1) is 9.45. The third kappa shape index (κ3) is 1.93. The van der Waals surface area contributed by atoms with Crippen molar-refractivity contribution in [2.24, 2.45) is 4.99 Å². The lowest BCUT2D eigenvalue weighted by Gasteiger charge is -2.03. The normalized spacial score (nSPS) is 9.38. The standard InChI is InChI=1S/C10H11NO2/c1-7-4-5-9(11-2)8(6-7)10(12)13-3/h4-6H,2H2,1,3H3. The SMILES string of the molecule is C=Nc1ccc(C)cc1C(=O)OC. The Kier molecular flexibility index (Phi) is 2.80. The number of ether oxygens (including phenoxy) is 1. The molecule has 0 spiro atoms. The predicted molar refractivity (Wildman–Crippen MR) is 51.7 cm³/mol. The summed E-state index contributed by atoms with van der Waals surface area (Å²) in [6.07, 6.45) is 0. The largest absolute Gasteiger partial charge is 0.465 e. The molecule has 0 saturated carbocycles. The summed E-state index contributed by atoms with van der Waals surface area (Å²) in [4.78, 5) is 15.0. The lowest BCUT2D eigenvalue weighted by atomic mass is 10.1. The smallest absolute Gasteiger partial charge is 0.340 e. The highest BCUT2D eigenvalue weighted by Crippen LogP contribution is 2.20. The van der Waals surface area contributed by atoms with Gasteiger partial charge in [-0.15, -0.1) is 0 Å². The fraction of sp³-hybridized carbons (Fsp3) is 0.200. The van der Waals surface area contributed by atoms with E-state index in [1.54, 1.807) is 12.1 Å². The molecule has 0 aliphatic heterocycles. The number of aryl methyl sites for hydroxylation is 1. The van der Waals surface area contributed by atoms with Gasteiger partial charge in [-0.2, -0.15) is 0 Å². The van der Waals surface area contributed by atoms with E-state index in [2.05, 4.69) is 16.4 Å². The molecule has 68 valence electrons. The van der Waals surface area contributed by atoms with Crippen molar-refractivity contribution < 1.29 is 9.53 Å². The maximum absolute atomic E-state index is 11.2. The van der Waals surface area contributed by atoms with Crippen molar-refractivity contribution >= 4 is 18.4 Å². The van der Waals surface area contributed by atoms with Gasteiger partial charge >= 0.3 is 5.97 Å². The van der Waals surface area contributed by atoms with Crippen LogP contribution in [0.15, 0.2) is 23.2 Å². The summed E-state index contributed by atoms with van der Waals surface area (Å²) >= 11 is 0. The molecule has 3 heteroatoms. The number of carbonyl (C=O) groups is 1. The zero-order valence-electron chi connectivity index (χ0n) is 7.70. The van der Waals surface area contributed by atoms with Crippen LogP contribution >= 0.6 is 0 Å². The van der Waals surface area contributed by atoms with Crippen LogP contribution in [0, 0.1) is 6.92 Å². The van der Waals surface area contributed by atoms with Gasteiger partial charge in [0.1, 0.15) is 0 Å². The molecule has 0 aliphatic rings. The number of hydrogen-bond acceptors (Lipinski definition) is 3. The van der Waals surface area contributed by atoms with E-state index < -0.39 is 0 Å². The number of hydrogen-bond donors (Lipinski definition) is 0. The summed E-state index contributed by atoms with van der Waals surface area (Å²) in [6.45, 7) is 5.28. The number of esters is 1. The first-order valence-electron chi connectivity index (χ1n) is 3.84. The molecule has 0 saturated heterocycles. The van der Waals surface area contributed by atoms with Gasteiger partial charge < -0.3 is 4.74 Å². The molecule has 1 aromatic rings. The van der Waals surface area contributed by atoms with E-state index in [0.717, 1.165) is 5.56 Å². The molecular formula is C10H11NO2. The molecular weight excluding hydrogens is 166 g/mol. The minimum absolute atomic E-state index is 0.383. The highest BCUT2D eigenvalue weighted by molar-refractivity contribution is 5.95. The minimum atomic E-state index is -0.383. The summed E-state index contributed by atoms with van der Waals surface area (Å²) in [5.74, 6) is -0.383. The van der Waals surface area contributed by atoms with Crippen molar-refractivity contribution in [2.75, 3.05) is 7.11 Å². The van der Waals surface area contributed by atoms with Crippen LogP contribution in [-0.4, -0.2) is 19.8 Å². The Balaban J connectivity index is 3.23. The van der Waals surface area contributed by atoms with Gasteiger partial charge in [-0.25, -0.2) is 4.79 Å². The van der Waals surface area contributed by atoms with Crippen LogP contribution in [0.1, 0.15) is 15.9 Å². The average molecular weight is 177 g/mol. The maximum atomic E-state index is 11.2. The van der Waals surface area contributed by atoms with Gasteiger partial charge in [-0.1, -0.05) is 11.6 Å². The summed E-state index contributed by atoms with van der Waals surface area (Å²) in [6, 6.07) is 5.35. The van der Waals surface area contributed by atoms with Crippen LogP contribution in [0.2, 0.25) is 0 Å². The zero-order valence-corrected chi connectivity index (χ0v) is 7.70. The van der Waals surface area contributed by atoms with E-state index in [1.807, 2.05) is 13.0 Å². The Bertz CT molecular complexity index is 345. The van der Waals surface area contributed by atoms with Gasteiger partial charge in [-0.3, -0.25) is 4.99 Å². The van der Waals surface area contributed by atoms with Crippen LogP contribution in [0.4, 0.5) is 5.69 Å². The van der Waals surface area contributed by atoms with E-state index in [4.69, 9.17) is 0 Å². The van der Waals surface area contributed by atoms with E-state index in [-0.39, 0.29) is 5.97 Å². The number of carbonyl (C=O) groups excluding carboxylic acids is 1. The third-order valence-corrected chi connectivity index (χ3v) is 1.73. The fourth-order valence-electron chi connectivity index (χ4n) is 1.06. The molecule has 0 unspecified atom stereocenters. The van der Waals surface area contributed by atoms with Gasteiger partial charge in [0.25, 0.3) is 0 Å². The highest BCUT2D eigenvalue weighted by Gasteiger charge is 2.10. The molecule has 0 bridgehead atoms. The van der Waals surface area contributed by atoms with E-state index in [9.17, 15) is 4.79 Å². The molecule has 0 atom stereocenters. The Morgan fingerprint density at radius 3 is 2.77 bits per heavy atom. The average Bonchev–Trinajstić information content (AvgIpc) is 2.16. The Labute approximate surface area is 77.1 Å². The molecule has 0 aromatic heterocycles. The number of nitrogens with zero attached hydrogens (tertiary/aromatic N) is 1. The summed E-state index contributed by atoms with van der Waals surface area (Å²) in [5.41, 5.74) is 2.00. The second-order valence-corrected chi connectivity index (χ2v) is 2.67. The highest BCUT2D eigenvalue weighted by atomic mass is 16.5. The quantitative estimate of drug-likeness (QED) is 0.512. The van der Waals surface area contributed by atoms with E-state index in [0.29, 0.717) is 11.3 Å². The van der Waals surface area contributed by atoms with Crippen LogP contribution in [-0.2, 0) is 4.74 Å². The molecule has 13 heavy (non-hydrogen) atoms. The summed E-state index contributed by atoms with van der Waals surface area (Å²) in [5, 5.41) is 0. The van der Waals surface area contributed by atoms with Crippen molar-refractivity contribution in [3.8, 4) is 0 Å². The minimum Gasteiger partial charge on any atom is -0.465 e. The monoisotopic (exact) mass is 177 g/mol. The first-order chi connectivity index (χ1) is 6.19. The molecule has 1 rings (SSSR count). The number of methoxy groups -OCH3 is 1. The van der Waals surface area contributed by atoms with Crippen LogP contribution in [0.3, 0.4) is 0 Å².